The second kappa shape index (κ2) is 3.22. The summed E-state index contributed by atoms with van der Waals surface area (Å²) in [4.78, 5) is 23.7. The van der Waals surface area contributed by atoms with Gasteiger partial charge in [-0.2, -0.15) is 0 Å². The SMILES string of the molecule is O=C1CN(c2ccccc2)C(=O)S1. The first-order valence-electron chi connectivity index (χ1n) is 3.84. The van der Waals surface area contributed by atoms with Crippen LogP contribution in [0.5, 0.6) is 0 Å². The third-order valence-electron chi connectivity index (χ3n) is 1.78. The van der Waals surface area contributed by atoms with Crippen LogP contribution < -0.4 is 4.90 Å². The van der Waals surface area contributed by atoms with E-state index in [0.717, 1.165) is 17.4 Å². The van der Waals surface area contributed by atoms with Gasteiger partial charge < -0.3 is 0 Å². The monoisotopic (exact) mass is 193 g/mol. The number of benzene rings is 1. The van der Waals surface area contributed by atoms with Crippen molar-refractivity contribution >= 4 is 27.8 Å². The topological polar surface area (TPSA) is 37.4 Å². The predicted molar refractivity (Wildman–Crippen MR) is 51.8 cm³/mol. The maximum absolute atomic E-state index is 11.3. The van der Waals surface area contributed by atoms with Gasteiger partial charge in [0, 0.05) is 17.4 Å². The summed E-state index contributed by atoms with van der Waals surface area (Å²) in [6.07, 6.45) is 0. The van der Waals surface area contributed by atoms with Crippen LogP contribution in [0, 0.1) is 0 Å². The molecule has 4 heteroatoms. The molecule has 1 amide bonds. The van der Waals surface area contributed by atoms with Gasteiger partial charge in [-0.3, -0.25) is 14.5 Å². The van der Waals surface area contributed by atoms with Gasteiger partial charge in [-0.05, 0) is 12.1 Å². The molecule has 2 rings (SSSR count). The molecule has 1 fully saturated rings. The van der Waals surface area contributed by atoms with E-state index in [1.54, 1.807) is 0 Å². The standard InChI is InChI=1S/C9H7NO2S/c11-8-6-10(9(12)13-8)7-4-2-1-3-5-7/h1-5H,6H2. The predicted octanol–water partition coefficient (Wildman–Crippen LogP) is 1.89. The van der Waals surface area contributed by atoms with Crippen LogP contribution >= 0.6 is 11.8 Å². The number of carbonyl (C=O) groups excluding carboxylic acids is 2. The number of hydrogen-bond donors (Lipinski definition) is 0. The summed E-state index contributed by atoms with van der Waals surface area (Å²) in [6.45, 7) is 0.188. The second-order valence-corrected chi connectivity index (χ2v) is 3.67. The molecule has 1 aromatic rings. The molecular weight excluding hydrogens is 186 g/mol. The number of nitrogens with zero attached hydrogens (tertiary/aromatic N) is 1. The van der Waals surface area contributed by atoms with E-state index in [0.29, 0.717) is 0 Å². The maximum Gasteiger partial charge on any atom is 0.294 e. The fourth-order valence-corrected chi connectivity index (χ4v) is 1.85. The minimum Gasteiger partial charge on any atom is -0.295 e. The van der Waals surface area contributed by atoms with Crippen LogP contribution in [0.25, 0.3) is 0 Å². The van der Waals surface area contributed by atoms with E-state index < -0.39 is 0 Å². The van der Waals surface area contributed by atoms with Gasteiger partial charge in [-0.25, -0.2) is 0 Å². The molecule has 66 valence electrons. The largest absolute Gasteiger partial charge is 0.295 e. The molecule has 0 atom stereocenters. The highest BCUT2D eigenvalue weighted by Crippen LogP contribution is 2.25. The summed E-state index contributed by atoms with van der Waals surface area (Å²) in [7, 11) is 0. The Hall–Kier alpha value is -1.29. The highest BCUT2D eigenvalue weighted by molar-refractivity contribution is 8.27. The van der Waals surface area contributed by atoms with Crippen LogP contribution in [-0.4, -0.2) is 16.9 Å². The first-order chi connectivity index (χ1) is 6.27. The van der Waals surface area contributed by atoms with Crippen molar-refractivity contribution in [3.05, 3.63) is 30.3 Å². The number of anilines is 1. The van der Waals surface area contributed by atoms with Crippen molar-refractivity contribution in [1.82, 2.24) is 0 Å². The lowest BCUT2D eigenvalue weighted by atomic mass is 10.3. The highest BCUT2D eigenvalue weighted by atomic mass is 32.2. The quantitative estimate of drug-likeness (QED) is 0.683. The van der Waals surface area contributed by atoms with Crippen molar-refractivity contribution in [3.63, 3.8) is 0 Å². The average molecular weight is 193 g/mol. The van der Waals surface area contributed by atoms with Crippen LogP contribution in [0.15, 0.2) is 30.3 Å². The van der Waals surface area contributed by atoms with Gasteiger partial charge >= 0.3 is 0 Å². The lowest BCUT2D eigenvalue weighted by Gasteiger charge is -2.12. The third-order valence-corrected chi connectivity index (χ3v) is 2.53. The van der Waals surface area contributed by atoms with E-state index in [2.05, 4.69) is 0 Å². The van der Waals surface area contributed by atoms with Crippen LogP contribution in [0.3, 0.4) is 0 Å². The first-order valence-corrected chi connectivity index (χ1v) is 4.66. The Morgan fingerprint density at radius 3 is 2.38 bits per heavy atom. The minimum absolute atomic E-state index is 0.0890. The molecule has 0 saturated carbocycles. The summed E-state index contributed by atoms with van der Waals surface area (Å²) < 4.78 is 0. The van der Waals surface area contributed by atoms with E-state index in [1.807, 2.05) is 30.3 Å². The first kappa shape index (κ1) is 8.31. The molecule has 3 nitrogen and oxygen atoms in total. The summed E-state index contributed by atoms with van der Waals surface area (Å²) in [5.41, 5.74) is 0.783. The van der Waals surface area contributed by atoms with Gasteiger partial charge in [0.25, 0.3) is 5.24 Å². The van der Waals surface area contributed by atoms with Crippen molar-refractivity contribution < 1.29 is 9.59 Å². The van der Waals surface area contributed by atoms with E-state index >= 15 is 0 Å². The van der Waals surface area contributed by atoms with Crippen molar-refractivity contribution in [2.45, 2.75) is 0 Å². The number of rotatable bonds is 1. The number of amides is 1. The maximum atomic E-state index is 11.3. The second-order valence-electron chi connectivity index (χ2n) is 2.66. The Balaban J connectivity index is 2.28. The molecule has 0 radical (unpaired) electrons. The zero-order valence-corrected chi connectivity index (χ0v) is 7.58. The molecule has 0 N–H and O–H groups in total. The highest BCUT2D eigenvalue weighted by Gasteiger charge is 2.29. The molecule has 1 heterocycles. The molecule has 0 spiro atoms. The van der Waals surface area contributed by atoms with Gasteiger partial charge in [0.1, 0.15) is 0 Å². The molecule has 1 saturated heterocycles. The number of thioether (sulfide) groups is 1. The fraction of sp³-hybridized carbons (Fsp3) is 0.111. The van der Waals surface area contributed by atoms with Crippen molar-refractivity contribution in [3.8, 4) is 0 Å². The van der Waals surface area contributed by atoms with Crippen LogP contribution in [0.1, 0.15) is 0 Å². The minimum atomic E-state index is -0.184. The number of carbonyl (C=O) groups is 2. The van der Waals surface area contributed by atoms with Crippen molar-refractivity contribution in [2.24, 2.45) is 0 Å². The molecule has 1 aliphatic rings. The summed E-state index contributed by atoms with van der Waals surface area (Å²) in [5.74, 6) is 0. The fourth-order valence-electron chi connectivity index (χ4n) is 1.18. The summed E-state index contributed by atoms with van der Waals surface area (Å²) in [6, 6.07) is 9.19. The number of hydrogen-bond acceptors (Lipinski definition) is 3. The molecule has 1 aliphatic heterocycles. The molecule has 0 unspecified atom stereocenters. The molecule has 0 aromatic heterocycles. The Labute approximate surface area is 79.7 Å². The summed E-state index contributed by atoms with van der Waals surface area (Å²) >= 11 is 0.771. The Bertz CT molecular complexity index is 350. The van der Waals surface area contributed by atoms with E-state index in [9.17, 15) is 9.59 Å². The zero-order valence-electron chi connectivity index (χ0n) is 6.77. The van der Waals surface area contributed by atoms with Crippen molar-refractivity contribution in [1.29, 1.82) is 0 Å². The zero-order chi connectivity index (χ0) is 9.26. The molecular formula is C9H7NO2S. The Kier molecular flexibility index (Phi) is 2.06. The van der Waals surface area contributed by atoms with E-state index in [1.165, 1.54) is 4.90 Å². The van der Waals surface area contributed by atoms with E-state index in [-0.39, 0.29) is 16.9 Å². The Morgan fingerprint density at radius 1 is 1.15 bits per heavy atom. The average Bonchev–Trinajstić information content (AvgIpc) is 2.47. The van der Waals surface area contributed by atoms with Crippen molar-refractivity contribution in [2.75, 3.05) is 11.4 Å². The smallest absolute Gasteiger partial charge is 0.294 e. The molecule has 0 aliphatic carbocycles. The number of para-hydroxylation sites is 1. The van der Waals surface area contributed by atoms with Gasteiger partial charge in [0.05, 0.1) is 6.54 Å². The van der Waals surface area contributed by atoms with Crippen LogP contribution in [-0.2, 0) is 4.79 Å². The lowest BCUT2D eigenvalue weighted by Crippen LogP contribution is -2.22. The van der Waals surface area contributed by atoms with Crippen LogP contribution in [0.2, 0.25) is 0 Å². The van der Waals surface area contributed by atoms with Gasteiger partial charge in [0.2, 0.25) is 5.12 Å². The van der Waals surface area contributed by atoms with Gasteiger partial charge in [-0.1, -0.05) is 18.2 Å². The summed E-state index contributed by atoms with van der Waals surface area (Å²) in [5, 5.41) is -0.273. The van der Waals surface area contributed by atoms with Gasteiger partial charge in [-0.15, -0.1) is 0 Å². The lowest BCUT2D eigenvalue weighted by molar-refractivity contribution is -0.109. The van der Waals surface area contributed by atoms with E-state index in [4.69, 9.17) is 0 Å². The van der Waals surface area contributed by atoms with Gasteiger partial charge in [0.15, 0.2) is 0 Å². The molecule has 13 heavy (non-hydrogen) atoms. The third kappa shape index (κ3) is 1.58. The normalized spacial score (nSPS) is 16.8. The molecule has 1 aromatic carbocycles. The van der Waals surface area contributed by atoms with Crippen LogP contribution in [0.4, 0.5) is 10.5 Å². The molecule has 0 bridgehead atoms. The Morgan fingerprint density at radius 2 is 1.85 bits per heavy atom.